The van der Waals surface area contributed by atoms with Crippen LogP contribution < -0.4 is 10.2 Å². The Bertz CT molecular complexity index is 1020. The number of aryl methyl sites for hydroxylation is 1. The quantitative estimate of drug-likeness (QED) is 0.741. The van der Waals surface area contributed by atoms with E-state index in [9.17, 15) is 9.59 Å². The van der Waals surface area contributed by atoms with Crippen molar-refractivity contribution in [1.82, 2.24) is 4.98 Å². The van der Waals surface area contributed by atoms with Crippen molar-refractivity contribution in [3.63, 3.8) is 0 Å². The van der Waals surface area contributed by atoms with Crippen molar-refractivity contribution >= 4 is 34.5 Å². The number of aromatic nitrogens is 1. The van der Waals surface area contributed by atoms with Crippen molar-refractivity contribution in [3.8, 4) is 10.6 Å². The lowest BCUT2D eigenvalue weighted by molar-refractivity contribution is -0.116. The van der Waals surface area contributed by atoms with Gasteiger partial charge in [0.05, 0.1) is 0 Å². The van der Waals surface area contributed by atoms with Crippen molar-refractivity contribution in [1.29, 1.82) is 0 Å². The number of amides is 2. The third-order valence-corrected chi connectivity index (χ3v) is 5.54. The molecule has 1 aliphatic heterocycles. The molecule has 2 aromatic carbocycles. The van der Waals surface area contributed by atoms with E-state index >= 15 is 0 Å². The zero-order valence-electron chi connectivity index (χ0n) is 15.2. The molecule has 4 rings (SSSR count). The molecule has 0 fully saturated rings. The number of carbonyl (C=O) groups is 2. The van der Waals surface area contributed by atoms with Gasteiger partial charge in [0, 0.05) is 35.8 Å². The molecule has 3 aromatic rings. The third-order valence-electron chi connectivity index (χ3n) is 4.65. The minimum Gasteiger partial charge on any atom is -0.321 e. The van der Waals surface area contributed by atoms with Gasteiger partial charge in [0.15, 0.2) is 0 Å². The number of nitrogens with one attached hydrogen (secondary N) is 1. The van der Waals surface area contributed by atoms with Crippen molar-refractivity contribution in [2.75, 3.05) is 16.8 Å². The van der Waals surface area contributed by atoms with Gasteiger partial charge in [-0.3, -0.25) is 9.59 Å². The van der Waals surface area contributed by atoms with Gasteiger partial charge in [-0.25, -0.2) is 4.98 Å². The molecular weight excluding hydrogens is 358 g/mol. The van der Waals surface area contributed by atoms with Crippen LogP contribution in [0.3, 0.4) is 0 Å². The lowest BCUT2D eigenvalue weighted by atomic mass is 10.1. The van der Waals surface area contributed by atoms with E-state index in [1.807, 2.05) is 49.4 Å². The van der Waals surface area contributed by atoms with Gasteiger partial charge in [0.25, 0.3) is 5.91 Å². The van der Waals surface area contributed by atoms with E-state index in [0.29, 0.717) is 17.9 Å². The summed E-state index contributed by atoms with van der Waals surface area (Å²) in [5.74, 6) is -0.192. The number of hydrogen-bond acceptors (Lipinski definition) is 4. The van der Waals surface area contributed by atoms with Crippen LogP contribution in [0.25, 0.3) is 10.6 Å². The van der Waals surface area contributed by atoms with Crippen LogP contribution in [0.5, 0.6) is 0 Å². The van der Waals surface area contributed by atoms with Crippen molar-refractivity contribution in [2.45, 2.75) is 20.3 Å². The summed E-state index contributed by atoms with van der Waals surface area (Å²) < 4.78 is 0. The number of rotatable bonds is 3. The van der Waals surface area contributed by atoms with E-state index in [2.05, 4.69) is 10.3 Å². The molecule has 0 saturated heterocycles. The van der Waals surface area contributed by atoms with Gasteiger partial charge >= 0.3 is 0 Å². The first kappa shape index (κ1) is 17.4. The molecule has 1 aromatic heterocycles. The maximum Gasteiger partial charge on any atom is 0.275 e. The highest BCUT2D eigenvalue weighted by molar-refractivity contribution is 7.13. The second-order valence-electron chi connectivity index (χ2n) is 6.62. The van der Waals surface area contributed by atoms with Gasteiger partial charge in [0.2, 0.25) is 5.91 Å². The summed E-state index contributed by atoms with van der Waals surface area (Å²) in [5, 5.41) is 5.51. The molecule has 0 aliphatic carbocycles. The van der Waals surface area contributed by atoms with Crippen LogP contribution in [-0.4, -0.2) is 23.3 Å². The Morgan fingerprint density at radius 1 is 1.15 bits per heavy atom. The Labute approximate surface area is 161 Å². The average Bonchev–Trinajstić information content (AvgIpc) is 3.29. The van der Waals surface area contributed by atoms with Crippen LogP contribution >= 0.6 is 11.3 Å². The first-order chi connectivity index (χ1) is 13.0. The number of fused-ring (bicyclic) bond motifs is 1. The van der Waals surface area contributed by atoms with E-state index in [1.165, 1.54) is 16.9 Å². The number of nitrogens with zero attached hydrogens (tertiary/aromatic N) is 2. The van der Waals surface area contributed by atoms with Gasteiger partial charge < -0.3 is 10.2 Å². The Hall–Kier alpha value is -2.99. The first-order valence-corrected chi connectivity index (χ1v) is 9.64. The predicted octanol–water partition coefficient (Wildman–Crippen LogP) is 4.28. The molecule has 0 atom stereocenters. The monoisotopic (exact) mass is 377 g/mol. The molecule has 2 amide bonds. The molecule has 27 heavy (non-hydrogen) atoms. The van der Waals surface area contributed by atoms with Gasteiger partial charge in [-0.1, -0.05) is 29.8 Å². The predicted molar refractivity (Wildman–Crippen MR) is 108 cm³/mol. The largest absolute Gasteiger partial charge is 0.321 e. The average molecular weight is 377 g/mol. The summed E-state index contributed by atoms with van der Waals surface area (Å²) in [6.45, 7) is 4.30. The molecule has 6 heteroatoms. The van der Waals surface area contributed by atoms with E-state index in [-0.39, 0.29) is 11.8 Å². The summed E-state index contributed by atoms with van der Waals surface area (Å²) in [6, 6.07) is 13.7. The highest BCUT2D eigenvalue weighted by Crippen LogP contribution is 2.31. The Balaban J connectivity index is 1.50. The van der Waals surface area contributed by atoms with E-state index in [1.54, 1.807) is 17.2 Å². The van der Waals surface area contributed by atoms with Crippen LogP contribution in [0.2, 0.25) is 0 Å². The number of hydrogen-bond donors (Lipinski definition) is 1. The number of benzene rings is 2. The van der Waals surface area contributed by atoms with Gasteiger partial charge in [0.1, 0.15) is 10.7 Å². The second-order valence-corrected chi connectivity index (χ2v) is 7.48. The fourth-order valence-corrected chi connectivity index (χ4v) is 4.01. The van der Waals surface area contributed by atoms with Gasteiger partial charge in [-0.05, 0) is 37.1 Å². The van der Waals surface area contributed by atoms with E-state index in [4.69, 9.17) is 0 Å². The molecule has 2 heterocycles. The SMILES string of the molecule is CC(=O)N1CCc2cc(NC(=O)c3csc(-c4ccc(C)cc4)n3)ccc21. The molecule has 5 nitrogen and oxygen atoms in total. The maximum absolute atomic E-state index is 12.6. The van der Waals surface area contributed by atoms with Crippen LogP contribution in [-0.2, 0) is 11.2 Å². The molecule has 0 unspecified atom stereocenters. The summed E-state index contributed by atoms with van der Waals surface area (Å²) in [6.07, 6.45) is 0.799. The van der Waals surface area contributed by atoms with Crippen LogP contribution in [0.15, 0.2) is 47.8 Å². The minimum atomic E-state index is -0.231. The molecule has 1 N–H and O–H groups in total. The fourth-order valence-electron chi connectivity index (χ4n) is 3.21. The summed E-state index contributed by atoms with van der Waals surface area (Å²) in [5.41, 5.74) is 5.31. The smallest absolute Gasteiger partial charge is 0.275 e. The van der Waals surface area contributed by atoms with Crippen molar-refractivity contribution < 1.29 is 9.59 Å². The van der Waals surface area contributed by atoms with E-state index < -0.39 is 0 Å². The Morgan fingerprint density at radius 2 is 1.93 bits per heavy atom. The topological polar surface area (TPSA) is 62.3 Å². The molecule has 0 radical (unpaired) electrons. The van der Waals surface area contributed by atoms with Crippen LogP contribution in [0.4, 0.5) is 11.4 Å². The zero-order valence-corrected chi connectivity index (χ0v) is 16.0. The molecule has 136 valence electrons. The van der Waals surface area contributed by atoms with E-state index in [0.717, 1.165) is 28.2 Å². The molecular formula is C21H19N3O2S. The Morgan fingerprint density at radius 3 is 2.67 bits per heavy atom. The highest BCUT2D eigenvalue weighted by atomic mass is 32.1. The first-order valence-electron chi connectivity index (χ1n) is 8.76. The lowest BCUT2D eigenvalue weighted by Gasteiger charge is -2.14. The Kier molecular flexibility index (Phi) is 4.49. The number of carbonyl (C=O) groups excluding carboxylic acids is 2. The molecule has 0 spiro atoms. The molecule has 0 saturated carbocycles. The van der Waals surface area contributed by atoms with Gasteiger partial charge in [-0.15, -0.1) is 11.3 Å². The zero-order chi connectivity index (χ0) is 19.0. The molecule has 0 bridgehead atoms. The number of anilines is 2. The highest BCUT2D eigenvalue weighted by Gasteiger charge is 2.22. The minimum absolute atomic E-state index is 0.0386. The van der Waals surface area contributed by atoms with Crippen LogP contribution in [0, 0.1) is 6.92 Å². The summed E-state index contributed by atoms with van der Waals surface area (Å²) in [7, 11) is 0. The third kappa shape index (κ3) is 3.48. The van der Waals surface area contributed by atoms with Crippen molar-refractivity contribution in [3.05, 3.63) is 64.7 Å². The normalized spacial score (nSPS) is 12.7. The standard InChI is InChI=1S/C21H19N3O2S/c1-13-3-5-15(6-4-13)21-23-18(12-27-21)20(26)22-17-7-8-19-16(11-17)9-10-24(19)14(2)25/h3-8,11-12H,9-10H2,1-2H3,(H,22,26). The fraction of sp³-hybridized carbons (Fsp3) is 0.190. The van der Waals surface area contributed by atoms with Crippen LogP contribution in [0.1, 0.15) is 28.5 Å². The second kappa shape index (κ2) is 6.96. The molecule has 1 aliphatic rings. The van der Waals surface area contributed by atoms with Gasteiger partial charge in [-0.2, -0.15) is 0 Å². The maximum atomic E-state index is 12.6. The summed E-state index contributed by atoms with van der Waals surface area (Å²) >= 11 is 1.45. The van der Waals surface area contributed by atoms with Crippen molar-refractivity contribution in [2.24, 2.45) is 0 Å². The summed E-state index contributed by atoms with van der Waals surface area (Å²) in [4.78, 5) is 30.4. The number of thiazole rings is 1. The lowest BCUT2D eigenvalue weighted by Crippen LogP contribution is -2.25.